The second-order valence-electron chi connectivity index (χ2n) is 5.24. The molecule has 102 valence electrons. The molecule has 0 saturated heterocycles. The molecule has 0 unspecified atom stereocenters. The van der Waals surface area contributed by atoms with Crippen LogP contribution in [0.25, 0.3) is 22.1 Å². The number of nitrogen functional groups attached to an aromatic ring is 1. The summed E-state index contributed by atoms with van der Waals surface area (Å²) in [6.45, 7) is 0. The summed E-state index contributed by atoms with van der Waals surface area (Å²) in [5, 5.41) is 8.34. The van der Waals surface area contributed by atoms with Crippen molar-refractivity contribution in [3.05, 3.63) is 22.6 Å². The number of hydrogen-bond acceptors (Lipinski definition) is 5. The largest absolute Gasteiger partial charge is 0.368 e. The first-order valence-corrected chi connectivity index (χ1v) is 6.76. The molecule has 3 N–H and O–H groups in total. The number of aromatic nitrogens is 5. The van der Waals surface area contributed by atoms with Gasteiger partial charge in [-0.1, -0.05) is 12.8 Å². The number of rotatable bonds is 1. The standard InChI is InChI=1S/C13H14N6O/c14-13-15-6-9-8-5-10(20)17-18-12(8)19(11(9)16-13)7-3-1-2-4-7/h5-7H,1-4H2,(H,17,20)(H2,14,15,16). The summed E-state index contributed by atoms with van der Waals surface area (Å²) in [5.41, 5.74) is 7.02. The first kappa shape index (κ1) is 11.4. The van der Waals surface area contributed by atoms with Gasteiger partial charge in [0.2, 0.25) is 5.95 Å². The average molecular weight is 270 g/mol. The highest BCUT2D eigenvalue weighted by atomic mass is 16.1. The fourth-order valence-electron chi connectivity index (χ4n) is 3.15. The number of anilines is 1. The molecule has 1 aliphatic carbocycles. The lowest BCUT2D eigenvalue weighted by molar-refractivity contribution is 0.542. The van der Waals surface area contributed by atoms with E-state index in [0.29, 0.717) is 6.04 Å². The molecule has 0 spiro atoms. The van der Waals surface area contributed by atoms with Crippen molar-refractivity contribution in [2.75, 3.05) is 5.73 Å². The SMILES string of the molecule is Nc1ncc2c3cc(=O)[nH]nc3n(C3CCCC3)c2n1. The first-order chi connectivity index (χ1) is 9.74. The monoisotopic (exact) mass is 270 g/mol. The van der Waals surface area contributed by atoms with E-state index >= 15 is 0 Å². The van der Waals surface area contributed by atoms with Crippen LogP contribution in [-0.2, 0) is 0 Å². The topological polar surface area (TPSA) is 102 Å². The predicted octanol–water partition coefficient (Wildman–Crippen LogP) is 1.37. The van der Waals surface area contributed by atoms with Gasteiger partial charge in [0.1, 0.15) is 5.65 Å². The summed E-state index contributed by atoms with van der Waals surface area (Å²) in [6, 6.07) is 1.91. The minimum atomic E-state index is -0.222. The Hall–Kier alpha value is -2.44. The molecule has 1 saturated carbocycles. The summed E-state index contributed by atoms with van der Waals surface area (Å²) in [6.07, 6.45) is 6.28. The second kappa shape index (κ2) is 4.03. The predicted molar refractivity (Wildman–Crippen MR) is 75.4 cm³/mol. The van der Waals surface area contributed by atoms with Gasteiger partial charge in [0, 0.05) is 29.1 Å². The molecule has 3 heterocycles. The molecule has 3 aromatic heterocycles. The lowest BCUT2D eigenvalue weighted by atomic mass is 10.2. The van der Waals surface area contributed by atoms with E-state index in [4.69, 9.17) is 5.73 Å². The van der Waals surface area contributed by atoms with Crippen LogP contribution in [0.1, 0.15) is 31.7 Å². The van der Waals surface area contributed by atoms with Crippen molar-refractivity contribution in [2.45, 2.75) is 31.7 Å². The van der Waals surface area contributed by atoms with Gasteiger partial charge in [0.15, 0.2) is 5.65 Å². The van der Waals surface area contributed by atoms with Crippen molar-refractivity contribution >= 4 is 28.0 Å². The highest BCUT2D eigenvalue weighted by Crippen LogP contribution is 2.36. The normalized spacial score (nSPS) is 16.4. The van der Waals surface area contributed by atoms with E-state index in [9.17, 15) is 4.79 Å². The molecule has 7 heteroatoms. The van der Waals surface area contributed by atoms with Crippen LogP contribution in [0.5, 0.6) is 0 Å². The Kier molecular flexibility index (Phi) is 2.29. The van der Waals surface area contributed by atoms with E-state index in [1.165, 1.54) is 12.8 Å². The van der Waals surface area contributed by atoms with Crippen molar-refractivity contribution in [3.8, 4) is 0 Å². The molecule has 0 radical (unpaired) electrons. The van der Waals surface area contributed by atoms with Crippen LogP contribution in [0.4, 0.5) is 5.95 Å². The molecular weight excluding hydrogens is 256 g/mol. The van der Waals surface area contributed by atoms with Gasteiger partial charge in [0.25, 0.3) is 5.56 Å². The van der Waals surface area contributed by atoms with Gasteiger partial charge in [0.05, 0.1) is 0 Å². The van der Waals surface area contributed by atoms with Crippen LogP contribution in [0.3, 0.4) is 0 Å². The number of nitrogens with two attached hydrogens (primary N) is 1. The van der Waals surface area contributed by atoms with Gasteiger partial charge >= 0.3 is 0 Å². The lowest BCUT2D eigenvalue weighted by Crippen LogP contribution is -2.10. The van der Waals surface area contributed by atoms with Crippen molar-refractivity contribution in [3.63, 3.8) is 0 Å². The van der Waals surface area contributed by atoms with Gasteiger partial charge < -0.3 is 10.3 Å². The zero-order valence-electron chi connectivity index (χ0n) is 10.8. The van der Waals surface area contributed by atoms with Crippen LogP contribution in [0.2, 0.25) is 0 Å². The number of fused-ring (bicyclic) bond motifs is 3. The molecule has 0 aliphatic heterocycles. The summed E-state index contributed by atoms with van der Waals surface area (Å²) < 4.78 is 2.10. The number of H-pyrrole nitrogens is 1. The van der Waals surface area contributed by atoms with Crippen LogP contribution in [0, 0.1) is 0 Å². The Morgan fingerprint density at radius 1 is 1.25 bits per heavy atom. The van der Waals surface area contributed by atoms with E-state index in [1.807, 2.05) is 0 Å². The van der Waals surface area contributed by atoms with Crippen molar-refractivity contribution < 1.29 is 0 Å². The number of nitrogens with zero attached hydrogens (tertiary/aromatic N) is 4. The van der Waals surface area contributed by atoms with Crippen LogP contribution in [0.15, 0.2) is 17.1 Å². The van der Waals surface area contributed by atoms with E-state index in [-0.39, 0.29) is 11.5 Å². The molecule has 7 nitrogen and oxygen atoms in total. The van der Waals surface area contributed by atoms with E-state index in [1.54, 1.807) is 12.3 Å². The van der Waals surface area contributed by atoms with E-state index in [0.717, 1.165) is 34.9 Å². The molecule has 0 atom stereocenters. The Bertz CT molecular complexity index is 858. The smallest absolute Gasteiger partial charge is 0.264 e. The van der Waals surface area contributed by atoms with Crippen LogP contribution < -0.4 is 11.3 Å². The Morgan fingerprint density at radius 2 is 2.05 bits per heavy atom. The molecular formula is C13H14N6O. The highest BCUT2D eigenvalue weighted by Gasteiger charge is 2.24. The first-order valence-electron chi connectivity index (χ1n) is 6.76. The number of hydrogen-bond donors (Lipinski definition) is 2. The van der Waals surface area contributed by atoms with Gasteiger partial charge in [-0.3, -0.25) is 4.79 Å². The molecule has 3 aromatic rings. The van der Waals surface area contributed by atoms with Crippen LogP contribution in [-0.4, -0.2) is 24.7 Å². The molecule has 1 aliphatic rings. The number of aromatic amines is 1. The maximum atomic E-state index is 11.5. The quantitative estimate of drug-likeness (QED) is 0.695. The third-order valence-corrected chi connectivity index (χ3v) is 4.01. The molecule has 0 bridgehead atoms. The highest BCUT2D eigenvalue weighted by molar-refractivity contribution is 6.04. The van der Waals surface area contributed by atoms with Gasteiger partial charge in [-0.25, -0.2) is 10.1 Å². The van der Waals surface area contributed by atoms with Crippen molar-refractivity contribution in [1.82, 2.24) is 24.7 Å². The maximum Gasteiger partial charge on any atom is 0.264 e. The summed E-state index contributed by atoms with van der Waals surface area (Å²) in [7, 11) is 0. The zero-order valence-corrected chi connectivity index (χ0v) is 10.8. The number of nitrogens with one attached hydrogen (secondary N) is 1. The van der Waals surface area contributed by atoms with Crippen molar-refractivity contribution in [1.29, 1.82) is 0 Å². The Balaban J connectivity index is 2.15. The molecule has 20 heavy (non-hydrogen) atoms. The fraction of sp³-hybridized carbons (Fsp3) is 0.385. The Morgan fingerprint density at radius 3 is 2.85 bits per heavy atom. The zero-order chi connectivity index (χ0) is 13.7. The van der Waals surface area contributed by atoms with Gasteiger partial charge in [-0.2, -0.15) is 10.1 Å². The third-order valence-electron chi connectivity index (χ3n) is 4.01. The fourth-order valence-corrected chi connectivity index (χ4v) is 3.15. The molecule has 1 fully saturated rings. The average Bonchev–Trinajstić information content (AvgIpc) is 3.03. The van der Waals surface area contributed by atoms with Gasteiger partial charge in [-0.05, 0) is 12.8 Å². The summed E-state index contributed by atoms with van der Waals surface area (Å²) in [4.78, 5) is 19.9. The Labute approximate surface area is 113 Å². The van der Waals surface area contributed by atoms with Crippen molar-refractivity contribution in [2.24, 2.45) is 0 Å². The molecule has 0 aromatic carbocycles. The maximum absolute atomic E-state index is 11.5. The lowest BCUT2D eigenvalue weighted by Gasteiger charge is -2.13. The summed E-state index contributed by atoms with van der Waals surface area (Å²) >= 11 is 0. The molecule has 4 rings (SSSR count). The summed E-state index contributed by atoms with van der Waals surface area (Å²) in [5.74, 6) is 0.242. The minimum Gasteiger partial charge on any atom is -0.368 e. The van der Waals surface area contributed by atoms with E-state index < -0.39 is 0 Å². The van der Waals surface area contributed by atoms with Crippen LogP contribution >= 0.6 is 0 Å². The third kappa shape index (κ3) is 1.52. The molecule has 0 amide bonds. The second-order valence-corrected chi connectivity index (χ2v) is 5.24. The van der Waals surface area contributed by atoms with Gasteiger partial charge in [-0.15, -0.1) is 0 Å². The minimum absolute atomic E-state index is 0.222. The van der Waals surface area contributed by atoms with E-state index in [2.05, 4.69) is 24.7 Å².